The minimum absolute atomic E-state index is 1.31. The van der Waals surface area contributed by atoms with E-state index < -0.39 is 0 Å². The van der Waals surface area contributed by atoms with Crippen molar-refractivity contribution >= 4 is 22.9 Å². The van der Waals surface area contributed by atoms with Crippen LogP contribution in [-0.2, 0) is 0 Å². The average molecular weight is 242 g/mol. The molecule has 0 heteroatoms. The fraction of sp³-hybridized carbons (Fsp3) is 0.333. The maximum absolute atomic E-state index is 2.18. The highest BCUT2D eigenvalue weighted by Crippen LogP contribution is 2.06. The second-order valence-corrected chi connectivity index (χ2v) is 3.37. The molecule has 0 nitrogen and oxygen atoms in total. The monoisotopic (exact) mass is 242 g/mol. The first-order valence-corrected chi connectivity index (χ1v) is 6.97. The molecule has 0 aliphatic rings. The number of benzene rings is 2. The van der Waals surface area contributed by atoms with E-state index in [1.165, 1.54) is 21.2 Å². The van der Waals surface area contributed by atoms with Crippen LogP contribution in [0.1, 0.15) is 41.5 Å². The zero-order valence-corrected chi connectivity index (χ0v) is 12.6. The normalized spacial score (nSPS) is 11.4. The Morgan fingerprint density at radius 2 is 1.33 bits per heavy atom. The van der Waals surface area contributed by atoms with Gasteiger partial charge in [0.15, 0.2) is 0 Å². The van der Waals surface area contributed by atoms with Crippen molar-refractivity contribution in [3.63, 3.8) is 0 Å². The lowest BCUT2D eigenvalue weighted by Gasteiger charge is -1.98. The van der Waals surface area contributed by atoms with Crippen LogP contribution in [0.5, 0.6) is 0 Å². The molecule has 0 amide bonds. The van der Waals surface area contributed by atoms with Gasteiger partial charge in [-0.05, 0) is 35.1 Å². The highest BCUT2D eigenvalue weighted by molar-refractivity contribution is 5.83. The molecular formula is C18H26. The average Bonchev–Trinajstić information content (AvgIpc) is 2.50. The topological polar surface area (TPSA) is 0 Å². The van der Waals surface area contributed by atoms with E-state index in [1.807, 2.05) is 27.7 Å². The quantitative estimate of drug-likeness (QED) is 0.638. The van der Waals surface area contributed by atoms with Crippen LogP contribution in [0.2, 0.25) is 0 Å². The van der Waals surface area contributed by atoms with Gasteiger partial charge >= 0.3 is 0 Å². The van der Waals surface area contributed by atoms with Crippen molar-refractivity contribution < 1.29 is 0 Å². The predicted octanol–water partition coefficient (Wildman–Crippen LogP) is 4.49. The van der Waals surface area contributed by atoms with Gasteiger partial charge in [-0.1, -0.05) is 76.2 Å². The SMILES string of the molecule is C/C=c1/ccc2ccccc2/c1=C/C.CC.CC. The Balaban J connectivity index is 0.000000659. The molecule has 0 aromatic heterocycles. The van der Waals surface area contributed by atoms with Gasteiger partial charge in [0, 0.05) is 0 Å². The summed E-state index contributed by atoms with van der Waals surface area (Å²) in [6.07, 6.45) is 4.33. The summed E-state index contributed by atoms with van der Waals surface area (Å²) in [7, 11) is 0. The number of fused-ring (bicyclic) bond motifs is 1. The van der Waals surface area contributed by atoms with Crippen molar-refractivity contribution in [3.8, 4) is 0 Å². The summed E-state index contributed by atoms with van der Waals surface area (Å²) in [5, 5.41) is 5.30. The number of hydrogen-bond acceptors (Lipinski definition) is 0. The molecule has 98 valence electrons. The molecule has 0 spiro atoms. The van der Waals surface area contributed by atoms with Crippen LogP contribution in [0, 0.1) is 0 Å². The van der Waals surface area contributed by atoms with Crippen LogP contribution in [0.15, 0.2) is 36.4 Å². The van der Waals surface area contributed by atoms with Gasteiger partial charge in [0.1, 0.15) is 0 Å². The molecule has 0 bridgehead atoms. The van der Waals surface area contributed by atoms with E-state index in [4.69, 9.17) is 0 Å². The van der Waals surface area contributed by atoms with Crippen LogP contribution in [0.3, 0.4) is 0 Å². The largest absolute Gasteiger partial charge is 0.0798 e. The number of rotatable bonds is 0. The Bertz CT molecular complexity index is 562. The molecule has 0 aliphatic carbocycles. The van der Waals surface area contributed by atoms with E-state index in [0.29, 0.717) is 0 Å². The molecule has 18 heavy (non-hydrogen) atoms. The van der Waals surface area contributed by atoms with Crippen molar-refractivity contribution in [2.75, 3.05) is 0 Å². The predicted molar refractivity (Wildman–Crippen MR) is 86.2 cm³/mol. The third-order valence-electron chi connectivity index (χ3n) is 2.60. The minimum Gasteiger partial charge on any atom is -0.0798 e. The molecule has 2 aromatic rings. The Hall–Kier alpha value is -1.56. The van der Waals surface area contributed by atoms with Gasteiger partial charge in [-0.3, -0.25) is 0 Å². The first-order valence-electron chi connectivity index (χ1n) is 6.97. The van der Waals surface area contributed by atoms with Gasteiger partial charge in [-0.25, -0.2) is 0 Å². The van der Waals surface area contributed by atoms with E-state index in [9.17, 15) is 0 Å². The standard InChI is InChI=1S/C14H14.2C2H6/c1-3-11-9-10-12-7-5-6-8-14(12)13(11)4-2;2*1-2/h3-10H,1-2H3;2*1-2H3/b11-3-,13-4+;;. The van der Waals surface area contributed by atoms with Gasteiger partial charge in [0.2, 0.25) is 0 Å². The third-order valence-corrected chi connectivity index (χ3v) is 2.60. The molecule has 0 saturated heterocycles. The Morgan fingerprint density at radius 1 is 0.722 bits per heavy atom. The van der Waals surface area contributed by atoms with E-state index in [2.05, 4.69) is 62.4 Å². The highest BCUT2D eigenvalue weighted by atomic mass is 14.0. The van der Waals surface area contributed by atoms with E-state index in [1.54, 1.807) is 0 Å². The second kappa shape index (κ2) is 9.47. The molecule has 0 aliphatic heterocycles. The maximum Gasteiger partial charge on any atom is -0.0109 e. The van der Waals surface area contributed by atoms with E-state index in [0.717, 1.165) is 0 Å². The fourth-order valence-electron chi connectivity index (χ4n) is 1.89. The molecule has 0 radical (unpaired) electrons. The molecular weight excluding hydrogens is 216 g/mol. The van der Waals surface area contributed by atoms with Crippen molar-refractivity contribution in [2.45, 2.75) is 41.5 Å². The van der Waals surface area contributed by atoms with Crippen molar-refractivity contribution in [1.29, 1.82) is 0 Å². The Labute approximate surface area is 112 Å². The maximum atomic E-state index is 2.18. The van der Waals surface area contributed by atoms with Crippen LogP contribution in [0.25, 0.3) is 22.9 Å². The van der Waals surface area contributed by atoms with Crippen molar-refractivity contribution in [3.05, 3.63) is 46.8 Å². The van der Waals surface area contributed by atoms with Crippen LogP contribution < -0.4 is 10.4 Å². The minimum atomic E-state index is 1.31. The fourth-order valence-corrected chi connectivity index (χ4v) is 1.89. The van der Waals surface area contributed by atoms with Gasteiger partial charge in [-0.15, -0.1) is 0 Å². The molecule has 0 saturated carbocycles. The zero-order chi connectivity index (χ0) is 14.0. The summed E-state index contributed by atoms with van der Waals surface area (Å²) in [4.78, 5) is 0. The third kappa shape index (κ3) is 3.73. The van der Waals surface area contributed by atoms with Crippen molar-refractivity contribution in [1.82, 2.24) is 0 Å². The molecule has 0 fully saturated rings. The Kier molecular flexibility index (Phi) is 8.65. The summed E-state index contributed by atoms with van der Waals surface area (Å²) < 4.78 is 0. The van der Waals surface area contributed by atoms with Gasteiger partial charge in [0.05, 0.1) is 0 Å². The molecule has 0 heterocycles. The van der Waals surface area contributed by atoms with E-state index in [-0.39, 0.29) is 0 Å². The summed E-state index contributed by atoms with van der Waals surface area (Å²) in [6, 6.07) is 12.9. The second-order valence-electron chi connectivity index (χ2n) is 3.37. The lowest BCUT2D eigenvalue weighted by Crippen LogP contribution is -2.24. The summed E-state index contributed by atoms with van der Waals surface area (Å²) in [5.74, 6) is 0. The van der Waals surface area contributed by atoms with Crippen LogP contribution in [-0.4, -0.2) is 0 Å². The van der Waals surface area contributed by atoms with Gasteiger partial charge < -0.3 is 0 Å². The summed E-state index contributed by atoms with van der Waals surface area (Å²) >= 11 is 0. The van der Waals surface area contributed by atoms with Crippen LogP contribution >= 0.6 is 0 Å². The lowest BCUT2D eigenvalue weighted by atomic mass is 10.1. The lowest BCUT2D eigenvalue weighted by molar-refractivity contribution is 1.50. The molecule has 0 atom stereocenters. The summed E-state index contributed by atoms with van der Waals surface area (Å²) in [5.41, 5.74) is 0. The number of hydrogen-bond donors (Lipinski definition) is 0. The van der Waals surface area contributed by atoms with Gasteiger partial charge in [0.25, 0.3) is 0 Å². The van der Waals surface area contributed by atoms with Crippen LogP contribution in [0.4, 0.5) is 0 Å². The van der Waals surface area contributed by atoms with E-state index >= 15 is 0 Å². The zero-order valence-electron chi connectivity index (χ0n) is 12.6. The Morgan fingerprint density at radius 3 is 1.89 bits per heavy atom. The molecule has 0 unspecified atom stereocenters. The molecule has 2 rings (SSSR count). The molecule has 2 aromatic carbocycles. The first kappa shape index (κ1) is 16.4. The summed E-state index contributed by atoms with van der Waals surface area (Å²) in [6.45, 7) is 12.2. The van der Waals surface area contributed by atoms with Crippen molar-refractivity contribution in [2.24, 2.45) is 0 Å². The van der Waals surface area contributed by atoms with Gasteiger partial charge in [-0.2, -0.15) is 0 Å². The highest BCUT2D eigenvalue weighted by Gasteiger charge is 1.93. The smallest absolute Gasteiger partial charge is 0.0109 e. The first-order chi connectivity index (χ1) is 8.86. The molecule has 0 N–H and O–H groups in total.